The summed E-state index contributed by atoms with van der Waals surface area (Å²) in [5, 5.41) is 7.73. The van der Waals surface area contributed by atoms with Gasteiger partial charge in [-0.3, -0.25) is 4.79 Å². The lowest BCUT2D eigenvalue weighted by Crippen LogP contribution is -2.16. The number of amides is 1. The third-order valence-corrected chi connectivity index (χ3v) is 5.47. The number of carbonyl (C=O) groups is 1. The fourth-order valence-electron chi connectivity index (χ4n) is 3.40. The average Bonchev–Trinajstić information content (AvgIpc) is 2.80. The molecular formula is C25H25ClN6O. The van der Waals surface area contributed by atoms with E-state index in [1.165, 1.54) is 6.20 Å². The Morgan fingerprint density at radius 2 is 1.79 bits per heavy atom. The molecule has 8 heteroatoms. The molecule has 1 unspecified atom stereocenters. The maximum atomic E-state index is 12.4. The second kappa shape index (κ2) is 9.42. The van der Waals surface area contributed by atoms with Crippen molar-refractivity contribution >= 4 is 45.9 Å². The van der Waals surface area contributed by atoms with Gasteiger partial charge in [0.25, 0.3) is 5.91 Å². The van der Waals surface area contributed by atoms with E-state index in [1.54, 1.807) is 12.1 Å². The number of pyridine rings is 1. The fourth-order valence-corrected chi connectivity index (χ4v) is 3.51. The third-order valence-electron chi connectivity index (χ3n) is 5.25. The minimum absolute atomic E-state index is 0.0103. The fraction of sp³-hybridized carbons (Fsp3) is 0.200. The van der Waals surface area contributed by atoms with Crippen LogP contribution in [0, 0.1) is 6.92 Å². The highest BCUT2D eigenvalue weighted by Gasteiger charge is 2.14. The zero-order valence-corrected chi connectivity index (χ0v) is 19.7. The van der Waals surface area contributed by atoms with Crippen LogP contribution in [0.4, 0.5) is 17.5 Å². The van der Waals surface area contributed by atoms with E-state index in [2.05, 4.69) is 46.6 Å². The first-order valence-electron chi connectivity index (χ1n) is 10.6. The van der Waals surface area contributed by atoms with Crippen molar-refractivity contribution in [1.82, 2.24) is 15.0 Å². The Hall–Kier alpha value is -3.71. The van der Waals surface area contributed by atoms with Gasteiger partial charge in [0.2, 0.25) is 5.95 Å². The van der Waals surface area contributed by atoms with Crippen molar-refractivity contribution in [3.05, 3.63) is 82.6 Å². The van der Waals surface area contributed by atoms with E-state index in [-0.39, 0.29) is 11.9 Å². The molecule has 0 radical (unpaired) electrons. The van der Waals surface area contributed by atoms with E-state index in [0.717, 1.165) is 27.8 Å². The number of aromatic nitrogens is 3. The van der Waals surface area contributed by atoms with Crippen LogP contribution >= 0.6 is 11.6 Å². The molecule has 0 aliphatic heterocycles. The number of aryl methyl sites for hydroxylation is 1. The molecule has 1 atom stereocenters. The lowest BCUT2D eigenvalue weighted by Gasteiger charge is -2.19. The van der Waals surface area contributed by atoms with Gasteiger partial charge in [-0.25, -0.2) is 9.97 Å². The minimum atomic E-state index is -0.239. The maximum Gasteiger partial charge on any atom is 0.257 e. The summed E-state index contributed by atoms with van der Waals surface area (Å²) < 4.78 is 0. The standard InChI is InChI=1S/C25H25ClN6O/c1-15-5-11-21-20(13-15)23(31-25(30-21)32(3)4)28-16(2)17-6-9-19(10-7-17)29-24(33)18-8-12-22(26)27-14-18/h5-14,16H,1-4H3,(H,29,33)(H,28,30,31). The zero-order valence-electron chi connectivity index (χ0n) is 18.9. The van der Waals surface area contributed by atoms with E-state index < -0.39 is 0 Å². The number of hydrogen-bond acceptors (Lipinski definition) is 6. The smallest absolute Gasteiger partial charge is 0.257 e. The van der Waals surface area contributed by atoms with Gasteiger partial charge in [-0.05, 0) is 55.8 Å². The van der Waals surface area contributed by atoms with E-state index in [9.17, 15) is 4.79 Å². The first-order valence-corrected chi connectivity index (χ1v) is 10.9. The molecule has 0 saturated carbocycles. The largest absolute Gasteiger partial charge is 0.363 e. The molecule has 33 heavy (non-hydrogen) atoms. The van der Waals surface area contributed by atoms with Crippen LogP contribution < -0.4 is 15.5 Å². The molecule has 0 fully saturated rings. The van der Waals surface area contributed by atoms with E-state index in [4.69, 9.17) is 16.6 Å². The Balaban J connectivity index is 1.52. The normalized spacial score (nSPS) is 11.8. The lowest BCUT2D eigenvalue weighted by molar-refractivity contribution is 0.102. The average molecular weight is 461 g/mol. The number of fused-ring (bicyclic) bond motifs is 1. The quantitative estimate of drug-likeness (QED) is 0.371. The molecule has 2 aromatic heterocycles. The van der Waals surface area contributed by atoms with Crippen molar-refractivity contribution in [2.24, 2.45) is 0 Å². The first kappa shape index (κ1) is 22.5. The second-order valence-corrected chi connectivity index (χ2v) is 8.49. The summed E-state index contributed by atoms with van der Waals surface area (Å²) in [7, 11) is 3.85. The molecular weight excluding hydrogens is 436 g/mol. The van der Waals surface area contributed by atoms with Crippen LogP contribution in [-0.2, 0) is 0 Å². The molecule has 2 aromatic carbocycles. The van der Waals surface area contributed by atoms with Crippen molar-refractivity contribution in [3.63, 3.8) is 0 Å². The summed E-state index contributed by atoms with van der Waals surface area (Å²) in [6, 6.07) is 17.1. The van der Waals surface area contributed by atoms with Gasteiger partial charge in [-0.15, -0.1) is 0 Å². The van der Waals surface area contributed by atoms with Crippen molar-refractivity contribution in [3.8, 4) is 0 Å². The Morgan fingerprint density at radius 3 is 2.45 bits per heavy atom. The van der Waals surface area contributed by atoms with E-state index in [0.29, 0.717) is 22.4 Å². The molecule has 0 spiro atoms. The molecule has 2 heterocycles. The summed E-state index contributed by atoms with van der Waals surface area (Å²) in [5.74, 6) is 1.19. The molecule has 0 aliphatic carbocycles. The van der Waals surface area contributed by atoms with Crippen molar-refractivity contribution < 1.29 is 4.79 Å². The van der Waals surface area contributed by atoms with Crippen LogP contribution in [0.25, 0.3) is 10.9 Å². The molecule has 0 bridgehead atoms. The number of nitrogens with zero attached hydrogens (tertiary/aromatic N) is 4. The second-order valence-electron chi connectivity index (χ2n) is 8.10. The molecule has 4 aromatic rings. The van der Waals surface area contributed by atoms with Gasteiger partial charge < -0.3 is 15.5 Å². The van der Waals surface area contributed by atoms with E-state index >= 15 is 0 Å². The highest BCUT2D eigenvalue weighted by atomic mass is 35.5. The van der Waals surface area contributed by atoms with Crippen LogP contribution in [0.3, 0.4) is 0 Å². The number of halogens is 1. The van der Waals surface area contributed by atoms with Crippen LogP contribution in [0.15, 0.2) is 60.8 Å². The van der Waals surface area contributed by atoms with Gasteiger partial charge in [-0.2, -0.15) is 4.98 Å². The number of rotatable bonds is 6. The predicted octanol–water partition coefficient (Wildman–Crippen LogP) is 5.48. The molecule has 4 rings (SSSR count). The summed E-state index contributed by atoms with van der Waals surface area (Å²) in [6.07, 6.45) is 1.45. The van der Waals surface area contributed by atoms with E-state index in [1.807, 2.05) is 49.3 Å². The van der Waals surface area contributed by atoms with Gasteiger partial charge >= 0.3 is 0 Å². The van der Waals surface area contributed by atoms with Crippen molar-refractivity contribution in [2.45, 2.75) is 19.9 Å². The number of anilines is 3. The van der Waals surface area contributed by atoms with Crippen LogP contribution in [0.2, 0.25) is 5.15 Å². The number of nitrogens with one attached hydrogen (secondary N) is 2. The monoisotopic (exact) mass is 460 g/mol. The molecule has 7 nitrogen and oxygen atoms in total. The van der Waals surface area contributed by atoms with Crippen LogP contribution in [-0.4, -0.2) is 35.0 Å². The summed E-state index contributed by atoms with van der Waals surface area (Å²) in [5.41, 5.74) is 4.25. The number of carbonyl (C=O) groups excluding carboxylic acids is 1. The van der Waals surface area contributed by atoms with Gasteiger partial charge in [0.05, 0.1) is 11.1 Å². The minimum Gasteiger partial charge on any atom is -0.363 e. The first-order chi connectivity index (χ1) is 15.8. The maximum absolute atomic E-state index is 12.4. The van der Waals surface area contributed by atoms with Gasteiger partial charge in [0.15, 0.2) is 0 Å². The Kier molecular flexibility index (Phi) is 6.42. The summed E-state index contributed by atoms with van der Waals surface area (Å²) in [6.45, 7) is 4.13. The zero-order chi connectivity index (χ0) is 23.5. The molecule has 0 saturated heterocycles. The summed E-state index contributed by atoms with van der Waals surface area (Å²) in [4.78, 5) is 27.6. The Bertz CT molecular complexity index is 1290. The third kappa shape index (κ3) is 5.21. The van der Waals surface area contributed by atoms with Gasteiger partial charge in [0.1, 0.15) is 11.0 Å². The summed E-state index contributed by atoms with van der Waals surface area (Å²) >= 11 is 5.79. The Morgan fingerprint density at radius 1 is 1.03 bits per heavy atom. The topological polar surface area (TPSA) is 83.0 Å². The van der Waals surface area contributed by atoms with Crippen molar-refractivity contribution in [2.75, 3.05) is 29.6 Å². The van der Waals surface area contributed by atoms with Crippen LogP contribution in [0.1, 0.15) is 34.5 Å². The lowest BCUT2D eigenvalue weighted by atomic mass is 10.1. The van der Waals surface area contributed by atoms with Gasteiger partial charge in [-0.1, -0.05) is 35.4 Å². The molecule has 168 valence electrons. The highest BCUT2D eigenvalue weighted by molar-refractivity contribution is 6.29. The van der Waals surface area contributed by atoms with Crippen molar-refractivity contribution in [1.29, 1.82) is 0 Å². The SMILES string of the molecule is Cc1ccc2nc(N(C)C)nc(NC(C)c3ccc(NC(=O)c4ccc(Cl)nc4)cc3)c2c1. The number of benzene rings is 2. The Labute approximate surface area is 197 Å². The number of hydrogen-bond donors (Lipinski definition) is 2. The van der Waals surface area contributed by atoms with Crippen LogP contribution in [0.5, 0.6) is 0 Å². The van der Waals surface area contributed by atoms with Gasteiger partial charge in [0, 0.05) is 37.4 Å². The predicted molar refractivity (Wildman–Crippen MR) is 134 cm³/mol. The molecule has 0 aliphatic rings. The highest BCUT2D eigenvalue weighted by Crippen LogP contribution is 2.28. The molecule has 1 amide bonds. The molecule has 2 N–H and O–H groups in total.